The second-order valence-corrected chi connectivity index (χ2v) is 4.68. The third-order valence-corrected chi connectivity index (χ3v) is 2.42. The van der Waals surface area contributed by atoms with Crippen molar-refractivity contribution >= 4 is 11.6 Å². The Morgan fingerprint density at radius 2 is 1.60 bits per heavy atom. The molecule has 0 saturated heterocycles. The minimum atomic E-state index is 0.357. The van der Waals surface area contributed by atoms with Gasteiger partial charge in [0.05, 0.1) is 0 Å². The number of rotatable bonds is 2. The normalized spacial score (nSPS) is 15.9. The van der Waals surface area contributed by atoms with Crippen molar-refractivity contribution in [3.8, 4) is 0 Å². The van der Waals surface area contributed by atoms with Gasteiger partial charge in [-0.1, -0.05) is 34.6 Å². The zero-order chi connectivity index (χ0) is 8.36. The van der Waals surface area contributed by atoms with Crippen LogP contribution in [0.15, 0.2) is 0 Å². The molecule has 0 aromatic carbocycles. The van der Waals surface area contributed by atoms with Gasteiger partial charge in [-0.25, -0.2) is 0 Å². The highest BCUT2D eigenvalue weighted by Gasteiger charge is 2.25. The maximum absolute atomic E-state index is 5.85. The molecule has 0 aliphatic heterocycles. The molecule has 0 aromatic rings. The molecule has 0 rings (SSSR count). The molecule has 0 heterocycles. The van der Waals surface area contributed by atoms with E-state index >= 15 is 0 Å². The Balaban J connectivity index is 4.07. The zero-order valence-electron chi connectivity index (χ0n) is 7.74. The molecule has 0 aliphatic rings. The summed E-state index contributed by atoms with van der Waals surface area (Å²) >= 11 is 5.85. The number of hydrogen-bond donors (Lipinski definition) is 0. The summed E-state index contributed by atoms with van der Waals surface area (Å²) in [4.78, 5) is 0. The molecule has 1 heteroatoms. The summed E-state index contributed by atoms with van der Waals surface area (Å²) in [6, 6.07) is 0. The monoisotopic (exact) mass is 162 g/mol. The number of alkyl halides is 1. The minimum absolute atomic E-state index is 0.357. The van der Waals surface area contributed by atoms with Crippen LogP contribution in [0, 0.1) is 17.3 Å². The van der Waals surface area contributed by atoms with Crippen LogP contribution in [0.4, 0.5) is 0 Å². The summed E-state index contributed by atoms with van der Waals surface area (Å²) in [7, 11) is 0. The highest BCUT2D eigenvalue weighted by molar-refractivity contribution is 6.18. The first-order valence-corrected chi connectivity index (χ1v) is 4.49. The van der Waals surface area contributed by atoms with Gasteiger partial charge in [-0.05, 0) is 17.3 Å². The molecular weight excluding hydrogens is 144 g/mol. The van der Waals surface area contributed by atoms with Crippen molar-refractivity contribution < 1.29 is 0 Å². The van der Waals surface area contributed by atoms with Gasteiger partial charge in [0, 0.05) is 5.88 Å². The van der Waals surface area contributed by atoms with E-state index in [1.807, 2.05) is 0 Å². The third kappa shape index (κ3) is 2.92. The van der Waals surface area contributed by atoms with E-state index in [9.17, 15) is 0 Å². The van der Waals surface area contributed by atoms with E-state index in [-0.39, 0.29) is 0 Å². The first-order valence-electron chi connectivity index (χ1n) is 3.95. The molecule has 0 spiro atoms. The molecule has 0 amide bonds. The van der Waals surface area contributed by atoms with Gasteiger partial charge in [0.15, 0.2) is 0 Å². The topological polar surface area (TPSA) is 0 Å². The highest BCUT2D eigenvalue weighted by atomic mass is 35.5. The molecule has 0 fully saturated rings. The molecule has 1 atom stereocenters. The summed E-state index contributed by atoms with van der Waals surface area (Å²) < 4.78 is 0. The fourth-order valence-corrected chi connectivity index (χ4v) is 2.23. The van der Waals surface area contributed by atoms with Crippen LogP contribution in [-0.2, 0) is 0 Å². The minimum Gasteiger partial charge on any atom is -0.126 e. The summed E-state index contributed by atoms with van der Waals surface area (Å²) in [6.45, 7) is 11.2. The van der Waals surface area contributed by atoms with Crippen LogP contribution in [0.3, 0.4) is 0 Å². The lowest BCUT2D eigenvalue weighted by atomic mass is 9.76. The van der Waals surface area contributed by atoms with Gasteiger partial charge >= 0.3 is 0 Å². The number of hydrogen-bond acceptors (Lipinski definition) is 0. The molecule has 0 nitrogen and oxygen atoms in total. The summed E-state index contributed by atoms with van der Waals surface area (Å²) in [5.41, 5.74) is 0.357. The summed E-state index contributed by atoms with van der Waals surface area (Å²) in [5, 5.41) is 0. The summed E-state index contributed by atoms with van der Waals surface area (Å²) in [6.07, 6.45) is 0. The zero-order valence-corrected chi connectivity index (χ0v) is 8.50. The Labute approximate surface area is 70.0 Å². The fraction of sp³-hybridized carbons (Fsp3) is 1.00. The van der Waals surface area contributed by atoms with Crippen molar-refractivity contribution in [1.82, 2.24) is 0 Å². The van der Waals surface area contributed by atoms with Crippen molar-refractivity contribution in [2.45, 2.75) is 34.6 Å². The van der Waals surface area contributed by atoms with E-state index in [0.29, 0.717) is 17.3 Å². The van der Waals surface area contributed by atoms with Crippen LogP contribution in [-0.4, -0.2) is 5.88 Å². The second kappa shape index (κ2) is 3.61. The van der Waals surface area contributed by atoms with Gasteiger partial charge in [0.1, 0.15) is 0 Å². The maximum Gasteiger partial charge on any atom is 0.0259 e. The van der Waals surface area contributed by atoms with Crippen molar-refractivity contribution in [1.29, 1.82) is 0 Å². The molecule has 0 radical (unpaired) electrons. The van der Waals surface area contributed by atoms with Gasteiger partial charge < -0.3 is 0 Å². The van der Waals surface area contributed by atoms with Crippen molar-refractivity contribution in [2.24, 2.45) is 17.3 Å². The molecule has 0 saturated carbocycles. The predicted molar refractivity (Wildman–Crippen MR) is 48.5 cm³/mol. The van der Waals surface area contributed by atoms with Gasteiger partial charge in [0.25, 0.3) is 0 Å². The van der Waals surface area contributed by atoms with Gasteiger partial charge in [-0.2, -0.15) is 0 Å². The molecule has 1 unspecified atom stereocenters. The third-order valence-electron chi connectivity index (χ3n) is 2.08. The van der Waals surface area contributed by atoms with E-state index < -0.39 is 0 Å². The SMILES string of the molecule is CC(C)C(CCl)C(C)(C)C. The van der Waals surface area contributed by atoms with Crippen LogP contribution < -0.4 is 0 Å². The molecule has 10 heavy (non-hydrogen) atoms. The van der Waals surface area contributed by atoms with Gasteiger partial charge in [-0.15, -0.1) is 11.6 Å². The van der Waals surface area contributed by atoms with Crippen LogP contribution in [0.5, 0.6) is 0 Å². The first-order chi connectivity index (χ1) is 4.39. The Kier molecular flexibility index (Phi) is 3.72. The van der Waals surface area contributed by atoms with Crippen LogP contribution >= 0.6 is 11.6 Å². The van der Waals surface area contributed by atoms with Crippen molar-refractivity contribution in [2.75, 3.05) is 5.88 Å². The average molecular weight is 163 g/mol. The molecule has 0 N–H and O–H groups in total. The fourth-order valence-electron chi connectivity index (χ4n) is 1.41. The van der Waals surface area contributed by atoms with Crippen molar-refractivity contribution in [3.63, 3.8) is 0 Å². The number of halogens is 1. The maximum atomic E-state index is 5.85. The Morgan fingerprint density at radius 1 is 1.20 bits per heavy atom. The van der Waals surface area contributed by atoms with Crippen LogP contribution in [0.1, 0.15) is 34.6 Å². The van der Waals surface area contributed by atoms with Crippen LogP contribution in [0.2, 0.25) is 0 Å². The van der Waals surface area contributed by atoms with Gasteiger partial charge in [-0.3, -0.25) is 0 Å². The van der Waals surface area contributed by atoms with E-state index in [1.54, 1.807) is 0 Å². The Hall–Kier alpha value is 0.290. The standard InChI is InChI=1S/C9H19Cl/c1-7(2)8(6-10)9(3,4)5/h7-8H,6H2,1-5H3. The quantitative estimate of drug-likeness (QED) is 0.545. The summed E-state index contributed by atoms with van der Waals surface area (Å²) in [5.74, 6) is 2.10. The molecule has 0 aliphatic carbocycles. The molecule has 0 bridgehead atoms. The van der Waals surface area contributed by atoms with Crippen molar-refractivity contribution in [3.05, 3.63) is 0 Å². The Morgan fingerprint density at radius 3 is 1.60 bits per heavy atom. The smallest absolute Gasteiger partial charge is 0.0259 e. The van der Waals surface area contributed by atoms with Gasteiger partial charge in [0.2, 0.25) is 0 Å². The molecular formula is C9H19Cl. The van der Waals surface area contributed by atoms with Crippen LogP contribution in [0.25, 0.3) is 0 Å². The average Bonchev–Trinajstić information content (AvgIpc) is 1.60. The Bertz CT molecular complexity index is 89.4. The van der Waals surface area contributed by atoms with E-state index in [2.05, 4.69) is 34.6 Å². The predicted octanol–water partition coefficient (Wildman–Crippen LogP) is 3.54. The second-order valence-electron chi connectivity index (χ2n) is 4.37. The lowest BCUT2D eigenvalue weighted by Gasteiger charge is -2.32. The molecule has 62 valence electrons. The van der Waals surface area contributed by atoms with E-state index in [1.165, 1.54) is 0 Å². The van der Waals surface area contributed by atoms with E-state index in [0.717, 1.165) is 5.88 Å². The van der Waals surface area contributed by atoms with E-state index in [4.69, 9.17) is 11.6 Å². The molecule has 0 aromatic heterocycles. The lowest BCUT2D eigenvalue weighted by molar-refractivity contribution is 0.203. The first kappa shape index (κ1) is 10.3. The largest absolute Gasteiger partial charge is 0.126 e. The lowest BCUT2D eigenvalue weighted by Crippen LogP contribution is -2.26. The highest BCUT2D eigenvalue weighted by Crippen LogP contribution is 2.32.